The van der Waals surface area contributed by atoms with Crippen molar-refractivity contribution in [2.45, 2.75) is 19.9 Å². The fourth-order valence-electron chi connectivity index (χ4n) is 3.24. The number of rotatable bonds is 5. The molecule has 0 atom stereocenters. The van der Waals surface area contributed by atoms with Gasteiger partial charge in [-0.05, 0) is 23.8 Å². The van der Waals surface area contributed by atoms with Crippen LogP contribution >= 0.6 is 11.5 Å². The summed E-state index contributed by atoms with van der Waals surface area (Å²) in [4.78, 5) is 18.0. The predicted octanol–water partition coefficient (Wildman–Crippen LogP) is 1.58. The zero-order chi connectivity index (χ0) is 20.1. The third kappa shape index (κ3) is 4.53. The van der Waals surface area contributed by atoms with Crippen LogP contribution in [0.15, 0.2) is 41.8 Å². The summed E-state index contributed by atoms with van der Waals surface area (Å²) in [5, 5.41) is 8.73. The zero-order valence-corrected chi connectivity index (χ0v) is 17.5. The SMILES string of the molecule is CCc1nsc(N2CCN(C(=NC)NCc3ccnc(-n4cccn4)c3)CC2)n1. The second-order valence-electron chi connectivity index (χ2n) is 6.69. The van der Waals surface area contributed by atoms with Crippen LogP contribution in [0.1, 0.15) is 18.3 Å². The Morgan fingerprint density at radius 2 is 2.10 bits per heavy atom. The van der Waals surface area contributed by atoms with Crippen LogP contribution in [0.5, 0.6) is 0 Å². The minimum Gasteiger partial charge on any atom is -0.352 e. The Kier molecular flexibility index (Phi) is 5.99. The van der Waals surface area contributed by atoms with Crippen molar-refractivity contribution in [1.29, 1.82) is 0 Å². The van der Waals surface area contributed by atoms with Crippen molar-refractivity contribution in [1.82, 2.24) is 34.3 Å². The molecule has 0 unspecified atom stereocenters. The molecule has 0 bridgehead atoms. The van der Waals surface area contributed by atoms with Gasteiger partial charge < -0.3 is 15.1 Å². The first-order valence-electron chi connectivity index (χ1n) is 9.75. The Bertz CT molecular complexity index is 942. The second-order valence-corrected chi connectivity index (χ2v) is 7.42. The lowest BCUT2D eigenvalue weighted by Gasteiger charge is -2.36. The minimum absolute atomic E-state index is 0.680. The molecule has 0 amide bonds. The number of anilines is 1. The fourth-order valence-corrected chi connectivity index (χ4v) is 4.04. The van der Waals surface area contributed by atoms with E-state index in [1.54, 1.807) is 10.9 Å². The molecule has 4 heterocycles. The van der Waals surface area contributed by atoms with Gasteiger partial charge in [0.25, 0.3) is 0 Å². The van der Waals surface area contributed by atoms with E-state index >= 15 is 0 Å². The van der Waals surface area contributed by atoms with Crippen molar-refractivity contribution in [3.05, 3.63) is 48.2 Å². The molecule has 1 N–H and O–H groups in total. The number of aromatic nitrogens is 5. The summed E-state index contributed by atoms with van der Waals surface area (Å²) in [6.07, 6.45) is 6.32. The number of hydrogen-bond acceptors (Lipinski definition) is 7. The maximum absolute atomic E-state index is 4.60. The average molecular weight is 412 g/mol. The second kappa shape index (κ2) is 8.99. The lowest BCUT2D eigenvalue weighted by molar-refractivity contribution is 0.372. The lowest BCUT2D eigenvalue weighted by atomic mass is 10.2. The van der Waals surface area contributed by atoms with Crippen LogP contribution in [-0.2, 0) is 13.0 Å². The van der Waals surface area contributed by atoms with Gasteiger partial charge in [-0.15, -0.1) is 0 Å². The maximum Gasteiger partial charge on any atom is 0.205 e. The van der Waals surface area contributed by atoms with Gasteiger partial charge in [-0.3, -0.25) is 4.99 Å². The Morgan fingerprint density at radius 1 is 1.24 bits per heavy atom. The first kappa shape index (κ1) is 19.3. The molecular formula is C19H25N9S. The molecule has 4 rings (SSSR count). The summed E-state index contributed by atoms with van der Waals surface area (Å²) in [7, 11) is 1.83. The molecule has 1 aliphatic heterocycles. The van der Waals surface area contributed by atoms with Crippen molar-refractivity contribution in [2.75, 3.05) is 38.1 Å². The topological polar surface area (TPSA) is 87.4 Å². The standard InChI is InChI=1S/C19H25N9S/c1-3-16-24-19(29-25-16)27-11-9-26(10-12-27)18(20-2)22-14-15-5-7-21-17(13-15)28-8-4-6-23-28/h4-8,13H,3,9-12,14H2,1-2H3,(H,20,22). The molecule has 0 radical (unpaired) electrons. The van der Waals surface area contributed by atoms with E-state index in [0.29, 0.717) is 6.54 Å². The Balaban J connectivity index is 1.33. The molecule has 1 saturated heterocycles. The summed E-state index contributed by atoms with van der Waals surface area (Å²) >= 11 is 1.49. The number of pyridine rings is 1. The number of nitrogens with zero attached hydrogens (tertiary/aromatic N) is 8. The zero-order valence-electron chi connectivity index (χ0n) is 16.7. The van der Waals surface area contributed by atoms with Crippen LogP contribution in [0.3, 0.4) is 0 Å². The molecule has 3 aromatic rings. The minimum atomic E-state index is 0.680. The summed E-state index contributed by atoms with van der Waals surface area (Å²) < 4.78 is 6.16. The molecule has 29 heavy (non-hydrogen) atoms. The molecule has 1 aliphatic rings. The van der Waals surface area contributed by atoms with Crippen LogP contribution in [0.4, 0.5) is 5.13 Å². The van der Waals surface area contributed by atoms with Gasteiger partial charge in [0.1, 0.15) is 5.82 Å². The molecule has 1 fully saturated rings. The lowest BCUT2D eigenvalue weighted by Crippen LogP contribution is -2.52. The van der Waals surface area contributed by atoms with E-state index in [4.69, 9.17) is 0 Å². The van der Waals surface area contributed by atoms with Crippen molar-refractivity contribution in [3.63, 3.8) is 0 Å². The first-order valence-corrected chi connectivity index (χ1v) is 10.5. The molecule has 9 nitrogen and oxygen atoms in total. The number of hydrogen-bond donors (Lipinski definition) is 1. The van der Waals surface area contributed by atoms with Gasteiger partial charge in [-0.25, -0.2) is 14.6 Å². The Morgan fingerprint density at radius 3 is 2.79 bits per heavy atom. The van der Waals surface area contributed by atoms with E-state index in [1.807, 2.05) is 37.6 Å². The molecule has 0 saturated carbocycles. The molecule has 0 aromatic carbocycles. The van der Waals surface area contributed by atoms with E-state index in [2.05, 4.69) is 46.5 Å². The normalized spacial score (nSPS) is 15.0. The molecule has 0 spiro atoms. The molecular weight excluding hydrogens is 386 g/mol. The highest BCUT2D eigenvalue weighted by Crippen LogP contribution is 2.19. The summed E-state index contributed by atoms with van der Waals surface area (Å²) in [5.74, 6) is 2.65. The number of piperazine rings is 1. The monoisotopic (exact) mass is 411 g/mol. The number of aliphatic imine (C=N–C) groups is 1. The number of guanidine groups is 1. The van der Waals surface area contributed by atoms with Crippen LogP contribution in [-0.4, -0.2) is 68.2 Å². The van der Waals surface area contributed by atoms with Crippen LogP contribution < -0.4 is 10.2 Å². The molecule has 0 aliphatic carbocycles. The Labute approximate surface area is 174 Å². The smallest absolute Gasteiger partial charge is 0.205 e. The van der Waals surface area contributed by atoms with E-state index in [9.17, 15) is 0 Å². The van der Waals surface area contributed by atoms with Crippen molar-refractivity contribution in [3.8, 4) is 5.82 Å². The van der Waals surface area contributed by atoms with Gasteiger partial charge in [0, 0.05) is 76.3 Å². The summed E-state index contributed by atoms with van der Waals surface area (Å²) in [5.41, 5.74) is 1.13. The molecule has 10 heteroatoms. The highest BCUT2D eigenvalue weighted by Gasteiger charge is 2.22. The summed E-state index contributed by atoms with van der Waals surface area (Å²) in [6.45, 7) is 6.39. The predicted molar refractivity (Wildman–Crippen MR) is 115 cm³/mol. The quantitative estimate of drug-likeness (QED) is 0.504. The maximum atomic E-state index is 4.60. The van der Waals surface area contributed by atoms with Crippen LogP contribution in [0, 0.1) is 0 Å². The van der Waals surface area contributed by atoms with Gasteiger partial charge in [0.2, 0.25) is 5.13 Å². The van der Waals surface area contributed by atoms with E-state index in [1.165, 1.54) is 11.5 Å². The van der Waals surface area contributed by atoms with E-state index < -0.39 is 0 Å². The van der Waals surface area contributed by atoms with Crippen molar-refractivity contribution < 1.29 is 0 Å². The van der Waals surface area contributed by atoms with Gasteiger partial charge in [0.05, 0.1) is 0 Å². The largest absolute Gasteiger partial charge is 0.352 e. The molecule has 3 aromatic heterocycles. The number of nitrogens with one attached hydrogen (secondary N) is 1. The number of aryl methyl sites for hydroxylation is 1. The van der Waals surface area contributed by atoms with Gasteiger partial charge in [-0.1, -0.05) is 6.92 Å². The van der Waals surface area contributed by atoms with Crippen LogP contribution in [0.2, 0.25) is 0 Å². The van der Waals surface area contributed by atoms with Crippen molar-refractivity contribution >= 4 is 22.6 Å². The van der Waals surface area contributed by atoms with Gasteiger partial charge in [-0.2, -0.15) is 9.47 Å². The van der Waals surface area contributed by atoms with Crippen molar-refractivity contribution in [2.24, 2.45) is 4.99 Å². The first-order chi connectivity index (χ1) is 14.3. The Hall–Kier alpha value is -3.01. The highest BCUT2D eigenvalue weighted by molar-refractivity contribution is 7.09. The van der Waals surface area contributed by atoms with E-state index in [0.717, 1.165) is 60.9 Å². The van der Waals surface area contributed by atoms with Crippen LogP contribution in [0.25, 0.3) is 5.82 Å². The third-order valence-electron chi connectivity index (χ3n) is 4.83. The third-order valence-corrected chi connectivity index (χ3v) is 5.65. The van der Waals surface area contributed by atoms with Gasteiger partial charge >= 0.3 is 0 Å². The van der Waals surface area contributed by atoms with Gasteiger partial charge in [0.15, 0.2) is 11.8 Å². The molecule has 152 valence electrons. The van der Waals surface area contributed by atoms with E-state index in [-0.39, 0.29) is 0 Å². The summed E-state index contributed by atoms with van der Waals surface area (Å²) in [6, 6.07) is 5.93. The fraction of sp³-hybridized carbons (Fsp3) is 0.421. The highest BCUT2D eigenvalue weighted by atomic mass is 32.1. The average Bonchev–Trinajstić information content (AvgIpc) is 3.47.